The van der Waals surface area contributed by atoms with Crippen LogP contribution in [0.15, 0.2) is 97.3 Å². The van der Waals surface area contributed by atoms with Crippen LogP contribution >= 0.6 is 0 Å². The minimum absolute atomic E-state index is 0.106. The Bertz CT molecular complexity index is 1220. The van der Waals surface area contributed by atoms with Crippen molar-refractivity contribution in [2.45, 2.75) is 19.5 Å². The molecule has 0 unspecified atom stereocenters. The number of anilines is 1. The van der Waals surface area contributed by atoms with Crippen molar-refractivity contribution in [2.75, 3.05) is 11.9 Å². The standard InChI is InChI=1S/C27H26N4O3/c32-26(14-17-34-25-13-5-4-12-24(25)22-9-2-1-3-10-22)28-19-21-8-6-11-23(18-21)30-27(33)20-31-16-7-15-29-31/h1-13,15-16,18H,14,17,19-20H2,(H,28,32)(H,30,33). The molecule has 4 rings (SSSR count). The minimum atomic E-state index is -0.169. The molecule has 1 heterocycles. The number of amides is 2. The largest absolute Gasteiger partial charge is 0.492 e. The van der Waals surface area contributed by atoms with E-state index in [-0.39, 0.29) is 31.4 Å². The summed E-state index contributed by atoms with van der Waals surface area (Å²) in [5, 5.41) is 9.78. The second-order valence-corrected chi connectivity index (χ2v) is 7.69. The van der Waals surface area contributed by atoms with Crippen LogP contribution in [0.5, 0.6) is 5.75 Å². The summed E-state index contributed by atoms with van der Waals surface area (Å²) in [4.78, 5) is 24.5. The molecular formula is C27H26N4O3. The average Bonchev–Trinajstić information content (AvgIpc) is 3.37. The summed E-state index contributed by atoms with van der Waals surface area (Å²) in [6.07, 6.45) is 3.60. The third-order valence-electron chi connectivity index (χ3n) is 5.12. The number of nitrogens with one attached hydrogen (secondary N) is 2. The fourth-order valence-corrected chi connectivity index (χ4v) is 3.49. The zero-order chi connectivity index (χ0) is 23.6. The molecule has 0 aliphatic heterocycles. The molecule has 172 valence electrons. The number of ether oxygens (including phenoxy) is 1. The first kappa shape index (κ1) is 22.8. The Labute approximate surface area is 198 Å². The van der Waals surface area contributed by atoms with E-state index in [2.05, 4.69) is 15.7 Å². The number of para-hydroxylation sites is 1. The molecule has 0 aliphatic carbocycles. The molecule has 0 bridgehead atoms. The Hall–Kier alpha value is -4.39. The van der Waals surface area contributed by atoms with Crippen molar-refractivity contribution in [2.24, 2.45) is 0 Å². The number of hydrogen-bond donors (Lipinski definition) is 2. The van der Waals surface area contributed by atoms with Gasteiger partial charge in [-0.3, -0.25) is 14.3 Å². The van der Waals surface area contributed by atoms with Crippen molar-refractivity contribution in [3.63, 3.8) is 0 Å². The molecule has 7 nitrogen and oxygen atoms in total. The van der Waals surface area contributed by atoms with Gasteiger partial charge in [-0.15, -0.1) is 0 Å². The quantitative estimate of drug-likeness (QED) is 0.375. The van der Waals surface area contributed by atoms with Crippen molar-refractivity contribution in [1.29, 1.82) is 0 Å². The van der Waals surface area contributed by atoms with Crippen LogP contribution in [-0.2, 0) is 22.7 Å². The van der Waals surface area contributed by atoms with Crippen LogP contribution in [-0.4, -0.2) is 28.2 Å². The topological polar surface area (TPSA) is 85.3 Å². The highest BCUT2D eigenvalue weighted by Gasteiger charge is 2.08. The Morgan fingerprint density at radius 2 is 1.71 bits per heavy atom. The molecule has 0 radical (unpaired) electrons. The van der Waals surface area contributed by atoms with Crippen LogP contribution in [0.4, 0.5) is 5.69 Å². The van der Waals surface area contributed by atoms with Gasteiger partial charge in [-0.05, 0) is 35.4 Å². The summed E-state index contributed by atoms with van der Waals surface area (Å²) in [6, 6.07) is 27.0. The summed E-state index contributed by atoms with van der Waals surface area (Å²) in [5.74, 6) is 0.475. The van der Waals surface area contributed by atoms with E-state index in [1.165, 1.54) is 0 Å². The zero-order valence-corrected chi connectivity index (χ0v) is 18.7. The number of nitrogens with zero attached hydrogens (tertiary/aromatic N) is 2. The second-order valence-electron chi connectivity index (χ2n) is 7.69. The lowest BCUT2D eigenvalue weighted by Crippen LogP contribution is -2.24. The number of carbonyl (C=O) groups is 2. The van der Waals surface area contributed by atoms with Crippen molar-refractivity contribution in [1.82, 2.24) is 15.1 Å². The van der Waals surface area contributed by atoms with Crippen molar-refractivity contribution < 1.29 is 14.3 Å². The van der Waals surface area contributed by atoms with Gasteiger partial charge in [0.1, 0.15) is 12.3 Å². The molecule has 0 spiro atoms. The van der Waals surface area contributed by atoms with Gasteiger partial charge in [-0.2, -0.15) is 5.10 Å². The molecule has 2 N–H and O–H groups in total. The lowest BCUT2D eigenvalue weighted by atomic mass is 10.1. The SMILES string of the molecule is O=C(CCOc1ccccc1-c1ccccc1)NCc1cccc(NC(=O)Cn2cccn2)c1. The summed E-state index contributed by atoms with van der Waals surface area (Å²) in [7, 11) is 0. The second kappa shape index (κ2) is 11.5. The van der Waals surface area contributed by atoms with Gasteiger partial charge >= 0.3 is 0 Å². The summed E-state index contributed by atoms with van der Waals surface area (Å²) >= 11 is 0. The number of benzene rings is 3. The molecule has 0 fully saturated rings. The van der Waals surface area contributed by atoms with Crippen LogP contribution < -0.4 is 15.4 Å². The number of hydrogen-bond acceptors (Lipinski definition) is 4. The maximum absolute atomic E-state index is 12.3. The van der Waals surface area contributed by atoms with E-state index in [0.29, 0.717) is 12.2 Å². The van der Waals surface area contributed by atoms with E-state index in [0.717, 1.165) is 22.4 Å². The van der Waals surface area contributed by atoms with Gasteiger partial charge in [-0.1, -0.05) is 60.7 Å². The molecule has 1 aromatic heterocycles. The lowest BCUT2D eigenvalue weighted by molar-refractivity contribution is -0.121. The molecule has 3 aromatic carbocycles. The van der Waals surface area contributed by atoms with Gasteiger partial charge in [0.2, 0.25) is 11.8 Å². The molecule has 2 amide bonds. The first-order valence-electron chi connectivity index (χ1n) is 11.1. The molecule has 0 aliphatic rings. The van der Waals surface area contributed by atoms with Crippen LogP contribution in [0.25, 0.3) is 11.1 Å². The normalized spacial score (nSPS) is 10.5. The van der Waals surface area contributed by atoms with E-state index < -0.39 is 0 Å². The van der Waals surface area contributed by atoms with E-state index in [1.54, 1.807) is 23.1 Å². The highest BCUT2D eigenvalue weighted by molar-refractivity contribution is 5.90. The van der Waals surface area contributed by atoms with E-state index in [9.17, 15) is 9.59 Å². The molecule has 4 aromatic rings. The van der Waals surface area contributed by atoms with Gasteiger partial charge in [0.05, 0.1) is 13.0 Å². The molecule has 0 saturated heterocycles. The molecule has 0 atom stereocenters. The van der Waals surface area contributed by atoms with Gasteiger partial charge < -0.3 is 15.4 Å². The minimum Gasteiger partial charge on any atom is -0.492 e. The predicted octanol–water partition coefficient (Wildman–Crippen LogP) is 4.27. The van der Waals surface area contributed by atoms with Crippen molar-refractivity contribution in [3.8, 4) is 16.9 Å². The maximum atomic E-state index is 12.3. The summed E-state index contributed by atoms with van der Waals surface area (Å²) in [5.41, 5.74) is 3.62. The molecular weight excluding hydrogens is 428 g/mol. The third-order valence-corrected chi connectivity index (χ3v) is 5.12. The van der Waals surface area contributed by atoms with Crippen LogP contribution in [0.1, 0.15) is 12.0 Å². The molecule has 7 heteroatoms. The first-order chi connectivity index (χ1) is 16.7. The smallest absolute Gasteiger partial charge is 0.246 e. The predicted molar refractivity (Wildman–Crippen MR) is 131 cm³/mol. The molecule has 34 heavy (non-hydrogen) atoms. The Morgan fingerprint density at radius 1 is 0.882 bits per heavy atom. The maximum Gasteiger partial charge on any atom is 0.246 e. The number of rotatable bonds is 10. The highest BCUT2D eigenvalue weighted by Crippen LogP contribution is 2.29. The van der Waals surface area contributed by atoms with E-state index in [4.69, 9.17) is 4.74 Å². The van der Waals surface area contributed by atoms with Gasteiger partial charge in [0.25, 0.3) is 0 Å². The molecule has 0 saturated carbocycles. The van der Waals surface area contributed by atoms with E-state index >= 15 is 0 Å². The van der Waals surface area contributed by atoms with Crippen molar-refractivity contribution in [3.05, 3.63) is 103 Å². The fraction of sp³-hybridized carbons (Fsp3) is 0.148. The monoisotopic (exact) mass is 454 g/mol. The first-order valence-corrected chi connectivity index (χ1v) is 11.1. The Kier molecular flexibility index (Phi) is 7.69. The number of carbonyl (C=O) groups excluding carboxylic acids is 2. The average molecular weight is 455 g/mol. The Balaban J connectivity index is 1.24. The zero-order valence-electron chi connectivity index (χ0n) is 18.7. The highest BCUT2D eigenvalue weighted by atomic mass is 16.5. The lowest BCUT2D eigenvalue weighted by Gasteiger charge is -2.12. The van der Waals surface area contributed by atoms with Gasteiger partial charge in [0, 0.05) is 30.2 Å². The van der Waals surface area contributed by atoms with Crippen LogP contribution in [0.2, 0.25) is 0 Å². The van der Waals surface area contributed by atoms with Crippen LogP contribution in [0, 0.1) is 0 Å². The van der Waals surface area contributed by atoms with Crippen molar-refractivity contribution >= 4 is 17.5 Å². The van der Waals surface area contributed by atoms with Gasteiger partial charge in [-0.25, -0.2) is 0 Å². The fourth-order valence-electron chi connectivity index (χ4n) is 3.49. The summed E-state index contributed by atoms with van der Waals surface area (Å²) < 4.78 is 7.46. The number of aromatic nitrogens is 2. The third kappa shape index (κ3) is 6.56. The summed E-state index contributed by atoms with van der Waals surface area (Å²) in [6.45, 7) is 0.781. The van der Waals surface area contributed by atoms with E-state index in [1.807, 2.05) is 78.9 Å². The Morgan fingerprint density at radius 3 is 2.53 bits per heavy atom. The van der Waals surface area contributed by atoms with Crippen LogP contribution in [0.3, 0.4) is 0 Å². The van der Waals surface area contributed by atoms with Gasteiger partial charge in [0.15, 0.2) is 0 Å².